The summed E-state index contributed by atoms with van der Waals surface area (Å²) in [5.74, 6) is 0.715. The van der Waals surface area contributed by atoms with Gasteiger partial charge in [-0.2, -0.15) is 0 Å². The molecule has 5 heteroatoms. The first kappa shape index (κ1) is 19.9. The zero-order valence-electron chi connectivity index (χ0n) is 16.4. The van der Waals surface area contributed by atoms with E-state index in [0.29, 0.717) is 33.8 Å². The van der Waals surface area contributed by atoms with E-state index in [2.05, 4.69) is 0 Å². The fourth-order valence-corrected chi connectivity index (χ4v) is 3.10. The van der Waals surface area contributed by atoms with Gasteiger partial charge in [0, 0.05) is 22.3 Å². The monoisotopic (exact) mass is 410 g/mol. The fourth-order valence-electron chi connectivity index (χ4n) is 3.10. The Labute approximate surface area is 178 Å². The molecular formula is C26H18O5. The molecule has 0 radical (unpaired) electrons. The van der Waals surface area contributed by atoms with E-state index in [1.54, 1.807) is 72.8 Å². The zero-order chi connectivity index (χ0) is 21.8. The van der Waals surface area contributed by atoms with Crippen LogP contribution < -0.4 is 4.74 Å². The molecule has 0 saturated carbocycles. The number of phenols is 2. The molecule has 0 heterocycles. The van der Waals surface area contributed by atoms with Crippen LogP contribution >= 0.6 is 0 Å². The molecule has 0 amide bonds. The van der Waals surface area contributed by atoms with Crippen molar-refractivity contribution in [2.75, 3.05) is 0 Å². The highest BCUT2D eigenvalue weighted by molar-refractivity contribution is 6.09. The van der Waals surface area contributed by atoms with Crippen molar-refractivity contribution in [3.05, 3.63) is 119 Å². The molecule has 0 aliphatic rings. The lowest BCUT2D eigenvalue weighted by atomic mass is 10.0. The van der Waals surface area contributed by atoms with Crippen LogP contribution in [0.3, 0.4) is 0 Å². The first-order valence-corrected chi connectivity index (χ1v) is 9.55. The van der Waals surface area contributed by atoms with Crippen LogP contribution in [-0.2, 0) is 0 Å². The van der Waals surface area contributed by atoms with Crippen molar-refractivity contribution < 1.29 is 24.5 Å². The Morgan fingerprint density at radius 3 is 1.29 bits per heavy atom. The smallest absolute Gasteiger partial charge is 0.193 e. The van der Waals surface area contributed by atoms with Gasteiger partial charge in [-0.15, -0.1) is 0 Å². The van der Waals surface area contributed by atoms with E-state index in [9.17, 15) is 19.8 Å². The van der Waals surface area contributed by atoms with Gasteiger partial charge in [-0.25, -0.2) is 0 Å². The highest BCUT2D eigenvalue weighted by Gasteiger charge is 2.12. The van der Waals surface area contributed by atoms with Crippen LogP contribution in [0.25, 0.3) is 0 Å². The number of rotatable bonds is 6. The second-order valence-electron chi connectivity index (χ2n) is 6.91. The average Bonchev–Trinajstić information content (AvgIpc) is 2.79. The Bertz CT molecular complexity index is 1140. The Kier molecular flexibility index (Phi) is 5.49. The van der Waals surface area contributed by atoms with E-state index in [-0.39, 0.29) is 23.1 Å². The Hall–Kier alpha value is -4.38. The average molecular weight is 410 g/mol. The summed E-state index contributed by atoms with van der Waals surface area (Å²) < 4.78 is 5.89. The van der Waals surface area contributed by atoms with Crippen molar-refractivity contribution in [2.24, 2.45) is 0 Å². The highest BCUT2D eigenvalue weighted by atomic mass is 16.5. The van der Waals surface area contributed by atoms with E-state index in [1.807, 2.05) is 0 Å². The van der Waals surface area contributed by atoms with Gasteiger partial charge in [-0.3, -0.25) is 9.59 Å². The quantitative estimate of drug-likeness (QED) is 0.419. The standard InChI is InChI=1S/C26H18O5/c27-21-11-7-17(8-12-21)25(29)19-3-1-5-23(15-19)31-24-6-2-4-20(16-24)26(30)18-9-13-22(28)14-10-18/h1-16,27-28H. The van der Waals surface area contributed by atoms with Crippen LogP contribution in [0.1, 0.15) is 31.8 Å². The van der Waals surface area contributed by atoms with Gasteiger partial charge in [0.1, 0.15) is 23.0 Å². The Balaban J connectivity index is 1.54. The number of carbonyl (C=O) groups is 2. The topological polar surface area (TPSA) is 83.8 Å². The maximum Gasteiger partial charge on any atom is 0.193 e. The predicted octanol–water partition coefficient (Wildman–Crippen LogP) is 5.35. The number of ether oxygens (including phenoxy) is 1. The van der Waals surface area contributed by atoms with Crippen molar-refractivity contribution in [3.8, 4) is 23.0 Å². The molecule has 152 valence electrons. The summed E-state index contributed by atoms with van der Waals surface area (Å²) in [7, 11) is 0. The first-order valence-electron chi connectivity index (χ1n) is 9.55. The third kappa shape index (κ3) is 4.62. The van der Waals surface area contributed by atoms with Gasteiger partial charge >= 0.3 is 0 Å². The van der Waals surface area contributed by atoms with Crippen LogP contribution in [0.5, 0.6) is 23.0 Å². The third-order valence-corrected chi connectivity index (χ3v) is 4.69. The van der Waals surface area contributed by atoms with Crippen LogP contribution in [0.4, 0.5) is 0 Å². The molecule has 0 bridgehead atoms. The SMILES string of the molecule is O=C(c1ccc(O)cc1)c1cccc(Oc2cccc(C(=O)c3ccc(O)cc3)c2)c1. The molecule has 0 unspecified atom stereocenters. The maximum atomic E-state index is 12.7. The number of benzene rings is 4. The summed E-state index contributed by atoms with van der Waals surface area (Å²) in [5, 5.41) is 18.8. The molecule has 4 aromatic rings. The van der Waals surface area contributed by atoms with Crippen LogP contribution in [-0.4, -0.2) is 21.8 Å². The molecule has 0 aliphatic carbocycles. The van der Waals surface area contributed by atoms with Crippen LogP contribution in [0.2, 0.25) is 0 Å². The van der Waals surface area contributed by atoms with Gasteiger partial charge in [0.2, 0.25) is 0 Å². The van der Waals surface area contributed by atoms with Gasteiger partial charge in [0.25, 0.3) is 0 Å². The number of ketones is 2. The molecule has 4 aromatic carbocycles. The van der Waals surface area contributed by atoms with Crippen LogP contribution in [0.15, 0.2) is 97.1 Å². The molecule has 0 aliphatic heterocycles. The Morgan fingerprint density at radius 1 is 0.516 bits per heavy atom. The second kappa shape index (κ2) is 8.55. The van der Waals surface area contributed by atoms with Gasteiger partial charge in [0.15, 0.2) is 11.6 Å². The maximum absolute atomic E-state index is 12.7. The minimum atomic E-state index is -0.193. The summed E-state index contributed by atoms with van der Waals surface area (Å²) in [6.45, 7) is 0. The molecule has 31 heavy (non-hydrogen) atoms. The van der Waals surface area contributed by atoms with Gasteiger partial charge < -0.3 is 14.9 Å². The highest BCUT2D eigenvalue weighted by Crippen LogP contribution is 2.25. The number of carbonyl (C=O) groups excluding carboxylic acids is 2. The minimum absolute atomic E-state index is 0.0929. The van der Waals surface area contributed by atoms with Crippen molar-refractivity contribution in [2.45, 2.75) is 0 Å². The minimum Gasteiger partial charge on any atom is -0.508 e. The van der Waals surface area contributed by atoms with Crippen molar-refractivity contribution in [1.82, 2.24) is 0 Å². The fraction of sp³-hybridized carbons (Fsp3) is 0. The predicted molar refractivity (Wildman–Crippen MR) is 116 cm³/mol. The van der Waals surface area contributed by atoms with Crippen LogP contribution in [0, 0.1) is 0 Å². The number of hydrogen-bond acceptors (Lipinski definition) is 5. The largest absolute Gasteiger partial charge is 0.508 e. The molecular weight excluding hydrogens is 392 g/mol. The summed E-state index contributed by atoms with van der Waals surface area (Å²) in [5.41, 5.74) is 1.80. The third-order valence-electron chi connectivity index (χ3n) is 4.69. The molecule has 0 atom stereocenters. The Morgan fingerprint density at radius 2 is 0.903 bits per heavy atom. The number of phenolic OH excluding ortho intramolecular Hbond substituents is 2. The molecule has 0 saturated heterocycles. The lowest BCUT2D eigenvalue weighted by Gasteiger charge is -2.09. The van der Waals surface area contributed by atoms with Gasteiger partial charge in [-0.05, 0) is 72.8 Å². The van der Waals surface area contributed by atoms with Crippen molar-refractivity contribution in [3.63, 3.8) is 0 Å². The second-order valence-corrected chi connectivity index (χ2v) is 6.91. The van der Waals surface area contributed by atoms with Gasteiger partial charge in [-0.1, -0.05) is 24.3 Å². The molecule has 4 rings (SSSR count). The zero-order valence-corrected chi connectivity index (χ0v) is 16.4. The van der Waals surface area contributed by atoms with E-state index < -0.39 is 0 Å². The van der Waals surface area contributed by atoms with Crippen molar-refractivity contribution >= 4 is 11.6 Å². The summed E-state index contributed by atoms with van der Waals surface area (Å²) in [6, 6.07) is 25.6. The number of aromatic hydroxyl groups is 2. The molecule has 0 aromatic heterocycles. The molecule has 0 spiro atoms. The first-order chi connectivity index (χ1) is 15.0. The van der Waals surface area contributed by atoms with E-state index >= 15 is 0 Å². The number of hydrogen-bond donors (Lipinski definition) is 2. The van der Waals surface area contributed by atoms with E-state index in [1.165, 1.54) is 24.3 Å². The van der Waals surface area contributed by atoms with E-state index in [4.69, 9.17) is 4.74 Å². The lowest BCUT2D eigenvalue weighted by molar-refractivity contribution is 0.103. The normalized spacial score (nSPS) is 10.5. The summed E-state index contributed by atoms with van der Waals surface area (Å²) in [4.78, 5) is 25.4. The summed E-state index contributed by atoms with van der Waals surface area (Å²) in [6.07, 6.45) is 0. The molecule has 5 nitrogen and oxygen atoms in total. The lowest BCUT2D eigenvalue weighted by Crippen LogP contribution is -2.02. The summed E-state index contributed by atoms with van der Waals surface area (Å²) >= 11 is 0. The van der Waals surface area contributed by atoms with Crippen molar-refractivity contribution in [1.29, 1.82) is 0 Å². The van der Waals surface area contributed by atoms with Gasteiger partial charge in [0.05, 0.1) is 0 Å². The molecule has 2 N–H and O–H groups in total. The van der Waals surface area contributed by atoms with E-state index in [0.717, 1.165) is 0 Å². The molecule has 0 fully saturated rings.